The fourth-order valence-corrected chi connectivity index (χ4v) is 4.76. The SMILES string of the molecule is CN(Cc1nc2ccccc2[nH]1)C(=O)c1cn(C2CC2)cc(C(=O)NC2CCCCCC2)c1=O. The van der Waals surface area contributed by atoms with Crippen molar-refractivity contribution in [3.05, 3.63) is 63.8 Å². The number of carbonyl (C=O) groups is 2. The Morgan fingerprint density at radius 2 is 1.76 bits per heavy atom. The number of benzene rings is 1. The van der Waals surface area contributed by atoms with Gasteiger partial charge in [-0.1, -0.05) is 37.8 Å². The number of carbonyl (C=O) groups excluding carboxylic acids is 2. The number of aromatic nitrogens is 3. The predicted octanol–water partition coefficient (Wildman–Crippen LogP) is 3.78. The minimum absolute atomic E-state index is 0.0269. The van der Waals surface area contributed by atoms with Gasteiger partial charge in [0.15, 0.2) is 0 Å². The molecular formula is C26H31N5O3. The molecule has 1 aromatic carbocycles. The maximum absolute atomic E-state index is 13.3. The van der Waals surface area contributed by atoms with E-state index in [0.29, 0.717) is 5.82 Å². The van der Waals surface area contributed by atoms with Crippen LogP contribution in [0.3, 0.4) is 0 Å². The van der Waals surface area contributed by atoms with Crippen molar-refractivity contribution in [2.75, 3.05) is 7.05 Å². The zero-order chi connectivity index (χ0) is 23.7. The maximum Gasteiger partial charge on any atom is 0.259 e. The number of para-hydroxylation sites is 2. The Kier molecular flexibility index (Phi) is 6.22. The van der Waals surface area contributed by atoms with E-state index >= 15 is 0 Å². The van der Waals surface area contributed by atoms with Gasteiger partial charge in [-0.15, -0.1) is 0 Å². The van der Waals surface area contributed by atoms with Gasteiger partial charge in [0, 0.05) is 31.5 Å². The predicted molar refractivity (Wildman–Crippen MR) is 130 cm³/mol. The van der Waals surface area contributed by atoms with Crippen molar-refractivity contribution >= 4 is 22.8 Å². The largest absolute Gasteiger partial charge is 0.349 e. The van der Waals surface area contributed by atoms with Crippen LogP contribution < -0.4 is 10.7 Å². The van der Waals surface area contributed by atoms with Gasteiger partial charge in [0.2, 0.25) is 5.43 Å². The van der Waals surface area contributed by atoms with Crippen LogP contribution in [0.4, 0.5) is 0 Å². The number of H-pyrrole nitrogens is 1. The topological polar surface area (TPSA) is 100 Å². The molecule has 34 heavy (non-hydrogen) atoms. The summed E-state index contributed by atoms with van der Waals surface area (Å²) in [6.07, 6.45) is 11.6. The minimum Gasteiger partial charge on any atom is -0.349 e. The van der Waals surface area contributed by atoms with Gasteiger partial charge >= 0.3 is 0 Å². The van der Waals surface area contributed by atoms with Crippen molar-refractivity contribution in [2.24, 2.45) is 0 Å². The summed E-state index contributed by atoms with van der Waals surface area (Å²) in [4.78, 5) is 49.0. The maximum atomic E-state index is 13.3. The highest BCUT2D eigenvalue weighted by Gasteiger charge is 2.29. The molecule has 2 heterocycles. The van der Waals surface area contributed by atoms with Gasteiger partial charge in [-0.2, -0.15) is 0 Å². The Morgan fingerprint density at radius 3 is 2.47 bits per heavy atom. The van der Waals surface area contributed by atoms with E-state index in [0.717, 1.165) is 49.6 Å². The lowest BCUT2D eigenvalue weighted by atomic mass is 10.1. The van der Waals surface area contributed by atoms with Crippen molar-refractivity contribution in [1.82, 2.24) is 24.8 Å². The summed E-state index contributed by atoms with van der Waals surface area (Å²) in [6.45, 7) is 0.231. The summed E-state index contributed by atoms with van der Waals surface area (Å²) in [5, 5.41) is 3.06. The number of pyridine rings is 1. The van der Waals surface area contributed by atoms with Crippen LogP contribution in [0.5, 0.6) is 0 Å². The van der Waals surface area contributed by atoms with Gasteiger partial charge in [0.25, 0.3) is 11.8 Å². The van der Waals surface area contributed by atoms with Crippen LogP contribution in [0.1, 0.15) is 83.9 Å². The molecule has 3 aromatic rings. The van der Waals surface area contributed by atoms with Crippen LogP contribution in [0.15, 0.2) is 41.5 Å². The fraction of sp³-hybridized carbons (Fsp3) is 0.462. The number of imidazole rings is 1. The van der Waals surface area contributed by atoms with E-state index in [-0.39, 0.29) is 35.7 Å². The third-order valence-corrected chi connectivity index (χ3v) is 6.85. The Labute approximate surface area is 198 Å². The minimum atomic E-state index is -0.510. The number of amides is 2. The second-order valence-corrected chi connectivity index (χ2v) is 9.62. The molecule has 0 bridgehead atoms. The van der Waals surface area contributed by atoms with E-state index in [4.69, 9.17) is 0 Å². The molecule has 0 saturated heterocycles. The number of rotatable bonds is 6. The molecule has 8 heteroatoms. The highest BCUT2D eigenvalue weighted by atomic mass is 16.2. The molecule has 2 aliphatic carbocycles. The summed E-state index contributed by atoms with van der Waals surface area (Å²) >= 11 is 0. The molecule has 178 valence electrons. The van der Waals surface area contributed by atoms with Crippen LogP contribution in [0.25, 0.3) is 11.0 Å². The van der Waals surface area contributed by atoms with Crippen LogP contribution in [0, 0.1) is 0 Å². The first-order chi connectivity index (χ1) is 16.5. The first-order valence-electron chi connectivity index (χ1n) is 12.3. The second kappa shape index (κ2) is 9.44. The Bertz CT molecular complexity index is 1230. The standard InChI is InChI=1S/C26H31N5O3/c1-30(16-23-28-21-10-6-7-11-22(21)29-23)26(34)20-15-31(18-12-13-18)14-19(24(20)32)25(33)27-17-8-4-2-3-5-9-17/h6-7,10-11,14-15,17-18H,2-5,8-9,12-13,16H2,1H3,(H,27,33)(H,28,29). The van der Waals surface area contributed by atoms with Gasteiger partial charge < -0.3 is 19.8 Å². The zero-order valence-corrected chi connectivity index (χ0v) is 19.5. The van der Waals surface area contributed by atoms with E-state index in [1.165, 1.54) is 17.7 Å². The third kappa shape index (κ3) is 4.76. The Balaban J connectivity index is 1.39. The number of hydrogen-bond donors (Lipinski definition) is 2. The van der Waals surface area contributed by atoms with Crippen LogP contribution >= 0.6 is 0 Å². The molecule has 5 rings (SSSR count). The van der Waals surface area contributed by atoms with Gasteiger partial charge in [-0.05, 0) is 37.8 Å². The van der Waals surface area contributed by atoms with E-state index in [1.54, 1.807) is 19.4 Å². The normalized spacial score (nSPS) is 16.9. The molecule has 0 spiro atoms. The smallest absolute Gasteiger partial charge is 0.259 e. The third-order valence-electron chi connectivity index (χ3n) is 6.85. The zero-order valence-electron chi connectivity index (χ0n) is 19.5. The number of hydrogen-bond acceptors (Lipinski definition) is 4. The van der Waals surface area contributed by atoms with Crippen molar-refractivity contribution in [1.29, 1.82) is 0 Å². The fourth-order valence-electron chi connectivity index (χ4n) is 4.76. The highest BCUT2D eigenvalue weighted by molar-refractivity contribution is 5.99. The van der Waals surface area contributed by atoms with E-state index in [9.17, 15) is 14.4 Å². The van der Waals surface area contributed by atoms with Crippen LogP contribution in [-0.4, -0.2) is 44.3 Å². The highest BCUT2D eigenvalue weighted by Crippen LogP contribution is 2.34. The molecule has 2 amide bonds. The average Bonchev–Trinajstić information content (AvgIpc) is 3.63. The van der Waals surface area contributed by atoms with Crippen molar-refractivity contribution < 1.29 is 9.59 Å². The molecule has 8 nitrogen and oxygen atoms in total. The average molecular weight is 462 g/mol. The van der Waals surface area contributed by atoms with E-state index in [1.807, 2.05) is 28.8 Å². The van der Waals surface area contributed by atoms with Gasteiger partial charge in [-0.25, -0.2) is 4.98 Å². The van der Waals surface area contributed by atoms with Gasteiger partial charge in [0.05, 0.1) is 17.6 Å². The molecule has 2 N–H and O–H groups in total. The van der Waals surface area contributed by atoms with Crippen LogP contribution in [-0.2, 0) is 6.54 Å². The first-order valence-corrected chi connectivity index (χ1v) is 12.3. The second-order valence-electron chi connectivity index (χ2n) is 9.62. The summed E-state index contributed by atoms with van der Waals surface area (Å²) < 4.78 is 1.87. The molecule has 2 saturated carbocycles. The lowest BCUT2D eigenvalue weighted by molar-refractivity contribution is 0.0779. The number of nitrogens with zero attached hydrogens (tertiary/aromatic N) is 3. The lowest BCUT2D eigenvalue weighted by Crippen LogP contribution is -2.39. The summed E-state index contributed by atoms with van der Waals surface area (Å²) in [5.74, 6) is -0.147. The molecule has 2 aliphatic rings. The summed E-state index contributed by atoms with van der Waals surface area (Å²) in [7, 11) is 1.65. The first kappa shape index (κ1) is 22.4. The molecule has 0 atom stereocenters. The molecule has 0 aliphatic heterocycles. The van der Waals surface area contributed by atoms with E-state index < -0.39 is 11.3 Å². The van der Waals surface area contributed by atoms with E-state index in [2.05, 4.69) is 15.3 Å². The van der Waals surface area contributed by atoms with Gasteiger partial charge in [0.1, 0.15) is 17.0 Å². The number of fused-ring (bicyclic) bond motifs is 1. The molecule has 0 radical (unpaired) electrons. The number of nitrogens with one attached hydrogen (secondary N) is 2. The Hall–Kier alpha value is -3.42. The van der Waals surface area contributed by atoms with Crippen molar-refractivity contribution in [2.45, 2.75) is 70.0 Å². The molecule has 2 fully saturated rings. The summed E-state index contributed by atoms with van der Waals surface area (Å²) in [5.41, 5.74) is 1.29. The van der Waals surface area contributed by atoms with Crippen LogP contribution in [0.2, 0.25) is 0 Å². The van der Waals surface area contributed by atoms with Crippen molar-refractivity contribution in [3.8, 4) is 0 Å². The van der Waals surface area contributed by atoms with Crippen molar-refractivity contribution in [3.63, 3.8) is 0 Å². The monoisotopic (exact) mass is 461 g/mol. The quantitative estimate of drug-likeness (QED) is 0.546. The summed E-state index contributed by atoms with van der Waals surface area (Å²) in [6, 6.07) is 7.98. The molecule has 2 aromatic heterocycles. The molecule has 0 unspecified atom stereocenters. The number of aromatic amines is 1. The lowest BCUT2D eigenvalue weighted by Gasteiger charge is -2.19. The van der Waals surface area contributed by atoms with Gasteiger partial charge in [-0.3, -0.25) is 14.4 Å². The Morgan fingerprint density at radius 1 is 1.06 bits per heavy atom. The molecular weight excluding hydrogens is 430 g/mol.